The number of pyridine rings is 2. The summed E-state index contributed by atoms with van der Waals surface area (Å²) < 4.78 is 8.65. The molecule has 0 amide bonds. The summed E-state index contributed by atoms with van der Waals surface area (Å²) in [6.07, 6.45) is 4.70. The molecule has 5 heteroatoms. The van der Waals surface area contributed by atoms with Crippen molar-refractivity contribution in [3.63, 3.8) is 0 Å². The maximum absolute atomic E-state index is 6.08. The zero-order valence-corrected chi connectivity index (χ0v) is 29.7. The fourth-order valence-corrected chi connectivity index (χ4v) is 7.30. The molecule has 3 nitrogen and oxygen atoms in total. The number of nitrogens with zero attached hydrogens (tertiary/aromatic N) is 2. The van der Waals surface area contributed by atoms with E-state index in [2.05, 4.69) is 126 Å². The molecule has 0 aliphatic rings. The van der Waals surface area contributed by atoms with Crippen LogP contribution in [0, 0.1) is 26.0 Å². The number of hydrogen-bond acceptors (Lipinski definition) is 4. The van der Waals surface area contributed by atoms with E-state index >= 15 is 0 Å². The van der Waals surface area contributed by atoms with Crippen molar-refractivity contribution in [2.24, 2.45) is 0 Å². The van der Waals surface area contributed by atoms with Crippen LogP contribution in [0.1, 0.15) is 22.3 Å². The van der Waals surface area contributed by atoms with Crippen LogP contribution in [0.4, 0.5) is 0 Å². The van der Waals surface area contributed by atoms with Crippen LogP contribution in [0.25, 0.3) is 64.6 Å². The molecule has 0 unspecified atom stereocenters. The molecule has 235 valence electrons. The summed E-state index contributed by atoms with van der Waals surface area (Å²) in [5, 5.41) is 4.84. The SMILES string of the molecule is Cc1ccc(-c2[c-]ccc3c2oc2cc(C)ccc23)nc1.[Ir].[c-]1ccc2c(sc3ccccc32)c1-c1cc(Cc2ccccc2)ccn1. The van der Waals surface area contributed by atoms with Crippen molar-refractivity contribution in [3.8, 4) is 22.5 Å². The van der Waals surface area contributed by atoms with Crippen LogP contribution in [-0.4, -0.2) is 9.97 Å². The van der Waals surface area contributed by atoms with E-state index in [0.717, 1.165) is 56.4 Å². The number of hydrogen-bond donors (Lipinski definition) is 0. The number of benzene rings is 5. The molecule has 1 radical (unpaired) electrons. The van der Waals surface area contributed by atoms with Crippen molar-refractivity contribution in [1.29, 1.82) is 0 Å². The minimum atomic E-state index is 0. The van der Waals surface area contributed by atoms with Gasteiger partial charge in [-0.1, -0.05) is 95.2 Å². The largest absolute Gasteiger partial charge is 0.501 e. The van der Waals surface area contributed by atoms with Gasteiger partial charge in [0.25, 0.3) is 0 Å². The predicted octanol–water partition coefficient (Wildman–Crippen LogP) is 11.6. The van der Waals surface area contributed by atoms with Gasteiger partial charge in [-0.05, 0) is 82.2 Å². The van der Waals surface area contributed by atoms with Gasteiger partial charge < -0.3 is 14.4 Å². The molecule has 0 spiro atoms. The van der Waals surface area contributed by atoms with E-state index in [9.17, 15) is 0 Å². The van der Waals surface area contributed by atoms with Gasteiger partial charge in [-0.15, -0.1) is 42.0 Å². The Balaban J connectivity index is 0.000000152. The topological polar surface area (TPSA) is 38.9 Å². The molecule has 0 saturated heterocycles. The van der Waals surface area contributed by atoms with Gasteiger partial charge in [0.1, 0.15) is 5.58 Å². The molecule has 9 rings (SSSR count). The molecule has 0 saturated carbocycles. The summed E-state index contributed by atoms with van der Waals surface area (Å²) >= 11 is 1.82. The normalized spacial score (nSPS) is 11.0. The Labute approximate surface area is 297 Å². The average Bonchev–Trinajstić information content (AvgIpc) is 3.67. The third-order valence-corrected chi connectivity index (χ3v) is 9.63. The number of furan rings is 1. The Morgan fingerprint density at radius 1 is 0.625 bits per heavy atom. The molecule has 0 aliphatic heterocycles. The van der Waals surface area contributed by atoms with E-state index < -0.39 is 0 Å². The van der Waals surface area contributed by atoms with Crippen LogP contribution in [0.5, 0.6) is 0 Å². The maximum Gasteiger partial charge on any atom is 0.121 e. The van der Waals surface area contributed by atoms with Crippen molar-refractivity contribution >= 4 is 53.4 Å². The number of aryl methyl sites for hydroxylation is 2. The maximum atomic E-state index is 6.08. The van der Waals surface area contributed by atoms with Crippen LogP contribution in [0.3, 0.4) is 0 Å². The smallest absolute Gasteiger partial charge is 0.121 e. The number of thiophene rings is 1. The van der Waals surface area contributed by atoms with E-state index in [-0.39, 0.29) is 20.1 Å². The Kier molecular flexibility index (Phi) is 9.01. The van der Waals surface area contributed by atoms with Crippen molar-refractivity contribution in [2.45, 2.75) is 20.3 Å². The van der Waals surface area contributed by atoms with Crippen molar-refractivity contribution in [3.05, 3.63) is 168 Å². The van der Waals surface area contributed by atoms with Gasteiger partial charge in [0.05, 0.1) is 5.58 Å². The summed E-state index contributed by atoms with van der Waals surface area (Å²) in [7, 11) is 0. The Morgan fingerprint density at radius 3 is 2.23 bits per heavy atom. The van der Waals surface area contributed by atoms with E-state index in [4.69, 9.17) is 4.42 Å². The van der Waals surface area contributed by atoms with E-state index in [1.54, 1.807) is 0 Å². The molecule has 48 heavy (non-hydrogen) atoms. The van der Waals surface area contributed by atoms with Gasteiger partial charge in [0, 0.05) is 42.6 Å². The summed E-state index contributed by atoms with van der Waals surface area (Å²) in [5.74, 6) is 0. The van der Waals surface area contributed by atoms with E-state index in [1.807, 2.05) is 54.9 Å². The predicted molar refractivity (Wildman–Crippen MR) is 196 cm³/mol. The Bertz CT molecular complexity index is 2520. The Morgan fingerprint density at radius 2 is 1.40 bits per heavy atom. The first kappa shape index (κ1) is 31.7. The second kappa shape index (κ2) is 13.7. The first-order chi connectivity index (χ1) is 23.1. The molecule has 4 aromatic heterocycles. The molecule has 0 N–H and O–H groups in total. The first-order valence-corrected chi connectivity index (χ1v) is 16.5. The molecule has 0 bridgehead atoms. The summed E-state index contributed by atoms with van der Waals surface area (Å²) in [6, 6.07) is 48.6. The summed E-state index contributed by atoms with van der Waals surface area (Å²) in [6.45, 7) is 4.10. The molecule has 0 fully saturated rings. The van der Waals surface area contributed by atoms with Gasteiger partial charge in [-0.2, -0.15) is 11.3 Å². The minimum absolute atomic E-state index is 0. The minimum Gasteiger partial charge on any atom is -0.501 e. The average molecular weight is 815 g/mol. The standard InChI is InChI=1S/C24H16NS.C19H14NO.Ir/c1-2-7-17(8-3-1)15-18-13-14-25-22(16-18)21-11-6-10-20-19-9-4-5-12-23(19)26-24(20)21;1-12-6-8-14-15-4-3-5-16(19(15)21-18(14)10-12)17-9-7-13(2)11-20-17;/h1-10,12-14,16H,15H2;3-4,6-11H,1-2H3;/q2*-1;. The number of rotatable bonds is 4. The zero-order chi connectivity index (χ0) is 31.7. The summed E-state index contributed by atoms with van der Waals surface area (Å²) in [4.78, 5) is 9.14. The van der Waals surface area contributed by atoms with Crippen LogP contribution < -0.4 is 0 Å². The van der Waals surface area contributed by atoms with Gasteiger partial charge in [0.15, 0.2) is 0 Å². The van der Waals surface area contributed by atoms with Crippen LogP contribution in [0.15, 0.2) is 138 Å². The van der Waals surface area contributed by atoms with E-state index in [0.29, 0.717) is 0 Å². The second-order valence-corrected chi connectivity index (χ2v) is 12.9. The van der Waals surface area contributed by atoms with E-state index in [1.165, 1.54) is 36.9 Å². The van der Waals surface area contributed by atoms with Gasteiger partial charge in [0.2, 0.25) is 0 Å². The second-order valence-electron chi connectivity index (χ2n) is 11.8. The third-order valence-electron chi connectivity index (χ3n) is 8.43. The van der Waals surface area contributed by atoms with Crippen molar-refractivity contribution < 1.29 is 24.5 Å². The van der Waals surface area contributed by atoms with Gasteiger partial charge >= 0.3 is 0 Å². The zero-order valence-electron chi connectivity index (χ0n) is 26.5. The quantitative estimate of drug-likeness (QED) is 0.166. The fourth-order valence-electron chi connectivity index (χ4n) is 6.09. The Hall–Kier alpha value is -4.93. The number of aromatic nitrogens is 2. The molecular weight excluding hydrogens is 785 g/mol. The molecule has 9 aromatic rings. The fraction of sp³-hybridized carbons (Fsp3) is 0.0698. The van der Waals surface area contributed by atoms with Crippen molar-refractivity contribution in [1.82, 2.24) is 9.97 Å². The number of fused-ring (bicyclic) bond motifs is 6. The van der Waals surface area contributed by atoms with Crippen molar-refractivity contribution in [2.75, 3.05) is 0 Å². The third kappa shape index (κ3) is 6.21. The first-order valence-electron chi connectivity index (χ1n) is 15.7. The molecule has 5 aromatic carbocycles. The molecular formula is C43H30IrN2OS-2. The van der Waals surface area contributed by atoms with Gasteiger partial charge in [-0.3, -0.25) is 0 Å². The monoisotopic (exact) mass is 815 g/mol. The molecule has 0 aliphatic carbocycles. The van der Waals surface area contributed by atoms with Crippen LogP contribution in [-0.2, 0) is 26.5 Å². The van der Waals surface area contributed by atoms with Gasteiger partial charge in [-0.25, -0.2) is 0 Å². The summed E-state index contributed by atoms with van der Waals surface area (Å²) in [5.41, 5.74) is 10.6. The van der Waals surface area contributed by atoms with Crippen LogP contribution >= 0.6 is 11.3 Å². The molecule has 0 atom stereocenters. The van der Waals surface area contributed by atoms with Crippen LogP contribution in [0.2, 0.25) is 0 Å². The molecule has 4 heterocycles.